The van der Waals surface area contributed by atoms with Gasteiger partial charge in [0.15, 0.2) is 5.82 Å². The van der Waals surface area contributed by atoms with E-state index in [2.05, 4.69) is 27.2 Å². The molecule has 1 aromatic heterocycles. The summed E-state index contributed by atoms with van der Waals surface area (Å²) < 4.78 is 40.5. The molecule has 0 aliphatic heterocycles. The number of nitrogens with one attached hydrogen (secondary N) is 1. The van der Waals surface area contributed by atoms with Crippen molar-refractivity contribution in [3.8, 4) is 5.75 Å². The maximum atomic E-state index is 12.2. The molecule has 8 heteroatoms. The van der Waals surface area contributed by atoms with Crippen molar-refractivity contribution >= 4 is 11.7 Å². The van der Waals surface area contributed by atoms with Crippen molar-refractivity contribution in [3.05, 3.63) is 47.7 Å². The highest BCUT2D eigenvalue weighted by atomic mass is 19.4. The molecule has 1 N–H and O–H groups in total. The van der Waals surface area contributed by atoms with Crippen LogP contribution in [0.5, 0.6) is 5.75 Å². The Morgan fingerprint density at radius 2 is 2.00 bits per heavy atom. The summed E-state index contributed by atoms with van der Waals surface area (Å²) in [5, 5.41) is 10.5. The van der Waals surface area contributed by atoms with Gasteiger partial charge in [-0.15, -0.1) is 18.3 Å². The van der Waals surface area contributed by atoms with E-state index in [4.69, 9.17) is 0 Å². The second-order valence-electron chi connectivity index (χ2n) is 5.43. The Labute approximate surface area is 143 Å². The summed E-state index contributed by atoms with van der Waals surface area (Å²) in [6, 6.07) is 8.73. The molecule has 0 radical (unpaired) electrons. The first-order valence-electron chi connectivity index (χ1n) is 7.83. The molecule has 2 aromatic rings. The molecule has 0 atom stereocenters. The number of rotatable bonds is 7. The van der Waals surface area contributed by atoms with E-state index in [9.17, 15) is 18.0 Å². The van der Waals surface area contributed by atoms with Crippen LogP contribution < -0.4 is 10.1 Å². The molecule has 2 rings (SSSR count). The smallest absolute Gasteiger partial charge is 0.406 e. The zero-order chi connectivity index (χ0) is 18.3. The number of hydrogen-bond donors (Lipinski definition) is 1. The van der Waals surface area contributed by atoms with Gasteiger partial charge in [0.2, 0.25) is 5.91 Å². The van der Waals surface area contributed by atoms with Crippen LogP contribution in [0.3, 0.4) is 0 Å². The lowest BCUT2D eigenvalue weighted by atomic mass is 10.1. The lowest BCUT2D eigenvalue weighted by molar-refractivity contribution is -0.274. The van der Waals surface area contributed by atoms with Gasteiger partial charge in [-0.3, -0.25) is 4.79 Å². The Kier molecular flexibility index (Phi) is 6.32. The summed E-state index contributed by atoms with van der Waals surface area (Å²) in [4.78, 5) is 12.0. The van der Waals surface area contributed by atoms with Gasteiger partial charge in [0.05, 0.1) is 12.1 Å². The van der Waals surface area contributed by atoms with Crippen LogP contribution in [0.1, 0.15) is 31.0 Å². The maximum Gasteiger partial charge on any atom is 0.573 e. The second kappa shape index (κ2) is 8.46. The van der Waals surface area contributed by atoms with E-state index in [1.165, 1.54) is 18.2 Å². The molecule has 0 bridgehead atoms. The number of hydrogen-bond acceptors (Lipinski definition) is 4. The van der Waals surface area contributed by atoms with Crippen molar-refractivity contribution in [2.75, 3.05) is 5.32 Å². The maximum absolute atomic E-state index is 12.2. The van der Waals surface area contributed by atoms with E-state index >= 15 is 0 Å². The van der Waals surface area contributed by atoms with Crippen LogP contribution in [0.15, 0.2) is 36.4 Å². The molecule has 0 saturated heterocycles. The SMILES string of the molecule is CCCCc1ccc(NC(=O)Cc2cccc(OC(F)(F)F)c2)nn1. The zero-order valence-corrected chi connectivity index (χ0v) is 13.6. The number of carbonyl (C=O) groups excluding carboxylic acids is 1. The van der Waals surface area contributed by atoms with Gasteiger partial charge in [-0.25, -0.2) is 0 Å². The predicted molar refractivity (Wildman–Crippen MR) is 86.1 cm³/mol. The normalized spacial score (nSPS) is 11.2. The minimum absolute atomic E-state index is 0.103. The predicted octanol–water partition coefficient (Wildman–Crippen LogP) is 3.90. The van der Waals surface area contributed by atoms with Gasteiger partial charge in [0, 0.05) is 0 Å². The Bertz CT molecular complexity index is 703. The fourth-order valence-corrected chi connectivity index (χ4v) is 2.14. The number of ether oxygens (including phenoxy) is 1. The molecule has 5 nitrogen and oxygen atoms in total. The van der Waals surface area contributed by atoms with Crippen LogP contribution >= 0.6 is 0 Å². The lowest BCUT2D eigenvalue weighted by Gasteiger charge is -2.10. The highest BCUT2D eigenvalue weighted by molar-refractivity contribution is 5.91. The van der Waals surface area contributed by atoms with Gasteiger partial charge in [-0.1, -0.05) is 25.5 Å². The molecular formula is C17H18F3N3O2. The van der Waals surface area contributed by atoms with Gasteiger partial charge in [-0.05, 0) is 42.7 Å². The average molecular weight is 353 g/mol. The number of alkyl halides is 3. The summed E-state index contributed by atoms with van der Waals surface area (Å²) in [6.45, 7) is 2.08. The van der Waals surface area contributed by atoms with Gasteiger partial charge in [-0.2, -0.15) is 5.10 Å². The van der Waals surface area contributed by atoms with Crippen LogP contribution in [-0.2, 0) is 17.6 Å². The first-order valence-corrected chi connectivity index (χ1v) is 7.83. The monoisotopic (exact) mass is 353 g/mol. The van der Waals surface area contributed by atoms with Crippen LogP contribution in [0.4, 0.5) is 19.0 Å². The van der Waals surface area contributed by atoms with E-state index in [1.807, 2.05) is 0 Å². The highest BCUT2D eigenvalue weighted by Crippen LogP contribution is 2.23. The first-order chi connectivity index (χ1) is 11.9. The summed E-state index contributed by atoms with van der Waals surface area (Å²) in [6.07, 6.45) is -1.98. The molecule has 0 aliphatic rings. The van der Waals surface area contributed by atoms with Crippen molar-refractivity contribution in [1.29, 1.82) is 0 Å². The third-order valence-corrected chi connectivity index (χ3v) is 3.27. The molecule has 0 saturated carbocycles. The van der Waals surface area contributed by atoms with Crippen LogP contribution in [0, 0.1) is 0 Å². The minimum atomic E-state index is -4.77. The van der Waals surface area contributed by atoms with Crippen LogP contribution in [-0.4, -0.2) is 22.5 Å². The molecule has 1 heterocycles. The van der Waals surface area contributed by atoms with Gasteiger partial charge < -0.3 is 10.1 Å². The summed E-state index contributed by atoms with van der Waals surface area (Å²) in [5.74, 6) is -0.467. The van der Waals surface area contributed by atoms with Gasteiger partial charge in [0.1, 0.15) is 5.75 Å². The number of unbranched alkanes of at least 4 members (excludes halogenated alkanes) is 1. The van der Waals surface area contributed by atoms with Crippen molar-refractivity contribution in [3.63, 3.8) is 0 Å². The number of nitrogens with zero attached hydrogens (tertiary/aromatic N) is 2. The quantitative estimate of drug-likeness (QED) is 0.820. The van der Waals surface area contributed by atoms with Crippen molar-refractivity contribution < 1.29 is 22.7 Å². The van der Waals surface area contributed by atoms with Crippen LogP contribution in [0.2, 0.25) is 0 Å². The molecule has 0 aliphatic carbocycles. The number of halogens is 3. The largest absolute Gasteiger partial charge is 0.573 e. The van der Waals surface area contributed by atoms with Gasteiger partial charge >= 0.3 is 6.36 Å². The topological polar surface area (TPSA) is 64.1 Å². The summed E-state index contributed by atoms with van der Waals surface area (Å²) in [7, 11) is 0. The minimum Gasteiger partial charge on any atom is -0.406 e. The molecular weight excluding hydrogens is 335 g/mol. The molecule has 134 valence electrons. The summed E-state index contributed by atoms with van der Waals surface area (Å²) >= 11 is 0. The third-order valence-electron chi connectivity index (χ3n) is 3.27. The van der Waals surface area contributed by atoms with E-state index in [0.717, 1.165) is 25.0 Å². The Morgan fingerprint density at radius 3 is 2.64 bits per heavy atom. The molecule has 1 aromatic carbocycles. The second-order valence-corrected chi connectivity index (χ2v) is 5.43. The highest BCUT2D eigenvalue weighted by Gasteiger charge is 2.31. The fraction of sp³-hybridized carbons (Fsp3) is 0.353. The van der Waals surface area contributed by atoms with E-state index in [1.54, 1.807) is 18.2 Å². The van der Waals surface area contributed by atoms with Gasteiger partial charge in [0.25, 0.3) is 0 Å². The van der Waals surface area contributed by atoms with Crippen LogP contribution in [0.25, 0.3) is 0 Å². The van der Waals surface area contributed by atoms with Crippen molar-refractivity contribution in [2.24, 2.45) is 0 Å². The lowest BCUT2D eigenvalue weighted by Crippen LogP contribution is -2.18. The Hall–Kier alpha value is -2.64. The van der Waals surface area contributed by atoms with E-state index in [-0.39, 0.29) is 12.2 Å². The van der Waals surface area contributed by atoms with E-state index in [0.29, 0.717) is 11.4 Å². The molecule has 0 spiro atoms. The fourth-order valence-electron chi connectivity index (χ4n) is 2.14. The Balaban J connectivity index is 1.92. The zero-order valence-electron chi connectivity index (χ0n) is 13.6. The number of aryl methyl sites for hydroxylation is 1. The molecule has 25 heavy (non-hydrogen) atoms. The number of benzene rings is 1. The first kappa shape index (κ1) is 18.7. The molecule has 1 amide bonds. The van der Waals surface area contributed by atoms with Crippen molar-refractivity contribution in [2.45, 2.75) is 39.0 Å². The van der Waals surface area contributed by atoms with Crippen molar-refractivity contribution in [1.82, 2.24) is 10.2 Å². The molecule has 0 unspecified atom stereocenters. The molecule has 0 fully saturated rings. The summed E-state index contributed by atoms with van der Waals surface area (Å²) in [5.41, 5.74) is 1.24. The standard InChI is InChI=1S/C17H18F3N3O2/c1-2-3-6-13-8-9-15(23-22-13)21-16(24)11-12-5-4-7-14(10-12)25-17(18,19)20/h4-5,7-10H,2-3,6,11H2,1H3,(H,21,23,24). The average Bonchev–Trinajstić information content (AvgIpc) is 2.53. The number of aromatic nitrogens is 2. The van der Waals surface area contributed by atoms with E-state index < -0.39 is 12.3 Å². The Morgan fingerprint density at radius 1 is 1.20 bits per heavy atom. The number of anilines is 1. The number of amides is 1. The third kappa shape index (κ3) is 6.78. The number of carbonyl (C=O) groups is 1.